The molecule has 1 heteroatoms. The van der Waals surface area contributed by atoms with Gasteiger partial charge in [-0.25, -0.2) is 0 Å². The summed E-state index contributed by atoms with van der Waals surface area (Å²) in [5, 5.41) is 0. The van der Waals surface area contributed by atoms with Crippen molar-refractivity contribution in [2.24, 2.45) is 5.92 Å². The summed E-state index contributed by atoms with van der Waals surface area (Å²) in [4.78, 5) is 2.32. The summed E-state index contributed by atoms with van der Waals surface area (Å²) in [5.41, 5.74) is 0. The SMILES string of the molecule is CC1C=CCN(C)C1. The number of rotatable bonds is 0. The first-order chi connectivity index (χ1) is 3.79. The zero-order chi connectivity index (χ0) is 5.98. The maximum Gasteiger partial charge on any atom is 0.0160 e. The van der Waals surface area contributed by atoms with E-state index in [-0.39, 0.29) is 0 Å². The molecule has 1 aliphatic rings. The second-order valence-electron chi connectivity index (χ2n) is 2.63. The molecule has 0 aromatic rings. The Bertz CT molecular complexity index is 96.6. The van der Waals surface area contributed by atoms with Crippen LogP contribution in [-0.4, -0.2) is 25.0 Å². The molecular weight excluding hydrogens is 98.1 g/mol. The summed E-state index contributed by atoms with van der Waals surface area (Å²) in [5.74, 6) is 0.758. The fourth-order valence-corrected chi connectivity index (χ4v) is 1.10. The first-order valence-corrected chi connectivity index (χ1v) is 3.14. The Hall–Kier alpha value is -0.300. The lowest BCUT2D eigenvalue weighted by Gasteiger charge is -2.21. The molecule has 0 fully saturated rings. The molecule has 0 spiro atoms. The summed E-state index contributed by atoms with van der Waals surface area (Å²) >= 11 is 0. The Labute approximate surface area is 51.0 Å². The van der Waals surface area contributed by atoms with Crippen LogP contribution in [0.25, 0.3) is 0 Å². The van der Waals surface area contributed by atoms with E-state index >= 15 is 0 Å². The van der Waals surface area contributed by atoms with E-state index in [0.717, 1.165) is 12.5 Å². The van der Waals surface area contributed by atoms with Gasteiger partial charge < -0.3 is 4.90 Å². The number of likely N-dealkylation sites (N-methyl/N-ethyl adjacent to an activating group) is 1. The summed E-state index contributed by atoms with van der Waals surface area (Å²) in [7, 11) is 2.15. The summed E-state index contributed by atoms with van der Waals surface area (Å²) in [6.45, 7) is 4.59. The van der Waals surface area contributed by atoms with Crippen LogP contribution in [0.1, 0.15) is 6.92 Å². The zero-order valence-corrected chi connectivity index (χ0v) is 5.59. The lowest BCUT2D eigenvalue weighted by atomic mass is 10.1. The average Bonchev–Trinajstić information content (AvgIpc) is 1.64. The van der Waals surface area contributed by atoms with Gasteiger partial charge in [0, 0.05) is 13.1 Å². The Morgan fingerprint density at radius 1 is 1.62 bits per heavy atom. The van der Waals surface area contributed by atoms with Gasteiger partial charge in [0.2, 0.25) is 0 Å². The number of hydrogen-bond acceptors (Lipinski definition) is 1. The van der Waals surface area contributed by atoms with Crippen LogP contribution >= 0.6 is 0 Å². The highest BCUT2D eigenvalue weighted by atomic mass is 15.1. The second kappa shape index (κ2) is 2.31. The maximum atomic E-state index is 2.32. The summed E-state index contributed by atoms with van der Waals surface area (Å²) < 4.78 is 0. The van der Waals surface area contributed by atoms with Gasteiger partial charge in [-0.15, -0.1) is 0 Å². The maximum absolute atomic E-state index is 2.32. The minimum absolute atomic E-state index is 0.758. The van der Waals surface area contributed by atoms with Crippen molar-refractivity contribution in [3.8, 4) is 0 Å². The fourth-order valence-electron chi connectivity index (χ4n) is 1.10. The lowest BCUT2D eigenvalue weighted by Crippen LogP contribution is -2.26. The molecule has 1 aliphatic heterocycles. The van der Waals surface area contributed by atoms with Crippen molar-refractivity contribution in [2.75, 3.05) is 20.1 Å². The molecule has 1 atom stereocenters. The van der Waals surface area contributed by atoms with Crippen LogP contribution in [0, 0.1) is 5.92 Å². The molecule has 0 saturated heterocycles. The van der Waals surface area contributed by atoms with E-state index in [1.165, 1.54) is 6.54 Å². The van der Waals surface area contributed by atoms with Crippen molar-refractivity contribution < 1.29 is 0 Å². The van der Waals surface area contributed by atoms with Crippen molar-refractivity contribution in [3.63, 3.8) is 0 Å². The molecule has 0 aliphatic carbocycles. The average molecular weight is 111 g/mol. The first kappa shape index (κ1) is 5.83. The normalized spacial score (nSPS) is 31.0. The fraction of sp³-hybridized carbons (Fsp3) is 0.714. The predicted octanol–water partition coefficient (Wildman–Crippen LogP) is 1.12. The van der Waals surface area contributed by atoms with E-state index in [2.05, 4.69) is 31.0 Å². The highest BCUT2D eigenvalue weighted by Crippen LogP contribution is 2.04. The number of hydrogen-bond donors (Lipinski definition) is 0. The third-order valence-corrected chi connectivity index (χ3v) is 1.48. The molecule has 1 rings (SSSR count). The molecule has 0 N–H and O–H groups in total. The molecule has 0 aromatic heterocycles. The van der Waals surface area contributed by atoms with Crippen molar-refractivity contribution >= 4 is 0 Å². The quantitative estimate of drug-likeness (QED) is 0.423. The van der Waals surface area contributed by atoms with E-state index in [1.54, 1.807) is 0 Å². The Kier molecular flexibility index (Phi) is 1.69. The van der Waals surface area contributed by atoms with Gasteiger partial charge in [-0.1, -0.05) is 19.1 Å². The van der Waals surface area contributed by atoms with E-state index in [0.29, 0.717) is 0 Å². The van der Waals surface area contributed by atoms with Crippen LogP contribution < -0.4 is 0 Å². The topological polar surface area (TPSA) is 3.24 Å². The van der Waals surface area contributed by atoms with Crippen LogP contribution in [-0.2, 0) is 0 Å². The summed E-state index contributed by atoms with van der Waals surface area (Å²) in [6, 6.07) is 0. The van der Waals surface area contributed by atoms with Gasteiger partial charge in [-0.2, -0.15) is 0 Å². The highest BCUT2D eigenvalue weighted by Gasteiger charge is 2.04. The number of nitrogens with zero attached hydrogens (tertiary/aromatic N) is 1. The van der Waals surface area contributed by atoms with Crippen LogP contribution in [0.4, 0.5) is 0 Å². The van der Waals surface area contributed by atoms with Gasteiger partial charge in [0.05, 0.1) is 0 Å². The molecule has 1 unspecified atom stereocenters. The van der Waals surface area contributed by atoms with Crippen LogP contribution in [0.15, 0.2) is 12.2 Å². The lowest BCUT2D eigenvalue weighted by molar-refractivity contribution is 0.323. The molecule has 0 saturated carbocycles. The standard InChI is InChI=1S/C7H13N/c1-7-4-3-5-8(2)6-7/h3-4,7H,5-6H2,1-2H3. The predicted molar refractivity (Wildman–Crippen MR) is 35.8 cm³/mol. The summed E-state index contributed by atoms with van der Waals surface area (Å²) in [6.07, 6.45) is 4.51. The first-order valence-electron chi connectivity index (χ1n) is 3.14. The minimum atomic E-state index is 0.758. The molecule has 0 aromatic carbocycles. The third kappa shape index (κ3) is 1.34. The van der Waals surface area contributed by atoms with Crippen molar-refractivity contribution in [1.29, 1.82) is 0 Å². The molecular formula is C7H13N. The van der Waals surface area contributed by atoms with E-state index in [1.807, 2.05) is 0 Å². The molecule has 46 valence electrons. The van der Waals surface area contributed by atoms with Gasteiger partial charge in [-0.05, 0) is 13.0 Å². The Balaban J connectivity index is 2.42. The van der Waals surface area contributed by atoms with E-state index in [9.17, 15) is 0 Å². The van der Waals surface area contributed by atoms with Gasteiger partial charge in [0.1, 0.15) is 0 Å². The van der Waals surface area contributed by atoms with Crippen molar-refractivity contribution in [2.45, 2.75) is 6.92 Å². The zero-order valence-electron chi connectivity index (χ0n) is 5.59. The van der Waals surface area contributed by atoms with Crippen LogP contribution in [0.3, 0.4) is 0 Å². The van der Waals surface area contributed by atoms with E-state index in [4.69, 9.17) is 0 Å². The molecule has 1 nitrogen and oxygen atoms in total. The van der Waals surface area contributed by atoms with Crippen molar-refractivity contribution in [3.05, 3.63) is 12.2 Å². The Morgan fingerprint density at radius 3 is 2.75 bits per heavy atom. The van der Waals surface area contributed by atoms with E-state index < -0.39 is 0 Å². The third-order valence-electron chi connectivity index (χ3n) is 1.48. The molecule has 0 radical (unpaired) electrons. The second-order valence-corrected chi connectivity index (χ2v) is 2.63. The largest absolute Gasteiger partial charge is 0.302 e. The van der Waals surface area contributed by atoms with Gasteiger partial charge in [-0.3, -0.25) is 0 Å². The monoisotopic (exact) mass is 111 g/mol. The van der Waals surface area contributed by atoms with Crippen LogP contribution in [0.5, 0.6) is 0 Å². The van der Waals surface area contributed by atoms with Gasteiger partial charge in [0.25, 0.3) is 0 Å². The highest BCUT2D eigenvalue weighted by molar-refractivity contribution is 4.93. The van der Waals surface area contributed by atoms with Crippen LogP contribution in [0.2, 0.25) is 0 Å². The smallest absolute Gasteiger partial charge is 0.0160 e. The molecule has 1 heterocycles. The molecule has 8 heavy (non-hydrogen) atoms. The molecule has 0 amide bonds. The molecule has 0 bridgehead atoms. The van der Waals surface area contributed by atoms with Crippen molar-refractivity contribution in [1.82, 2.24) is 4.90 Å². The van der Waals surface area contributed by atoms with Gasteiger partial charge >= 0.3 is 0 Å². The Morgan fingerprint density at radius 2 is 2.38 bits per heavy atom. The van der Waals surface area contributed by atoms with Gasteiger partial charge in [0.15, 0.2) is 0 Å². The minimum Gasteiger partial charge on any atom is -0.302 e.